The fourth-order valence-corrected chi connectivity index (χ4v) is 2.57. The minimum absolute atomic E-state index is 0.313. The Morgan fingerprint density at radius 1 is 0.710 bits per heavy atom. The topological polar surface area (TPSA) is 115 Å². The number of carboxylic acids is 2. The van der Waals surface area contributed by atoms with Crippen molar-refractivity contribution in [1.82, 2.24) is 0 Å². The number of aromatic carboxylic acids is 2. The maximum atomic E-state index is 10.2. The first kappa shape index (κ1) is 28.3. The Labute approximate surface area is 185 Å². The molecule has 0 amide bonds. The van der Waals surface area contributed by atoms with Gasteiger partial charge in [0.05, 0.1) is 23.3 Å². The second-order valence-electron chi connectivity index (χ2n) is 7.65. The maximum absolute atomic E-state index is 10.2. The molecule has 2 aromatic carbocycles. The zero-order valence-corrected chi connectivity index (χ0v) is 18.6. The van der Waals surface area contributed by atoms with Gasteiger partial charge in [-0.3, -0.25) is 0 Å². The Kier molecular flexibility index (Phi) is 15.5. The Morgan fingerprint density at radius 2 is 1.10 bits per heavy atom. The lowest BCUT2D eigenvalue weighted by atomic mass is 10.00. The Morgan fingerprint density at radius 3 is 1.39 bits per heavy atom. The molecule has 0 heterocycles. The Hall–Kier alpha value is -2.70. The molecule has 2 rings (SSSR count). The first-order valence-electron chi connectivity index (χ1n) is 10.6. The number of aliphatic hydroxyl groups is 2. The van der Waals surface area contributed by atoms with E-state index in [-0.39, 0.29) is 12.2 Å². The molecule has 6 heteroatoms. The van der Waals surface area contributed by atoms with Gasteiger partial charge in [0.1, 0.15) is 0 Å². The van der Waals surface area contributed by atoms with E-state index in [0.717, 1.165) is 25.7 Å². The van der Waals surface area contributed by atoms with Gasteiger partial charge in [-0.2, -0.15) is 0 Å². The Balaban J connectivity index is 0.000000445. The average Bonchev–Trinajstić information content (AvgIpc) is 2.74. The van der Waals surface area contributed by atoms with Crippen molar-refractivity contribution >= 4 is 11.9 Å². The van der Waals surface area contributed by atoms with E-state index in [4.69, 9.17) is 10.2 Å². The maximum Gasteiger partial charge on any atom is 0.335 e. The predicted molar refractivity (Wildman–Crippen MR) is 122 cm³/mol. The number of benzene rings is 2. The fraction of sp³-hybridized carbons (Fsp3) is 0.440. The number of aliphatic hydroxyl groups excluding tert-OH is 2. The van der Waals surface area contributed by atoms with Crippen LogP contribution in [0, 0.1) is 5.92 Å². The van der Waals surface area contributed by atoms with Crippen molar-refractivity contribution in [3.63, 3.8) is 0 Å². The van der Waals surface area contributed by atoms with Crippen molar-refractivity contribution in [1.29, 1.82) is 0 Å². The molecule has 0 fully saturated rings. The van der Waals surface area contributed by atoms with Crippen LogP contribution in [0.5, 0.6) is 0 Å². The number of carbonyl (C=O) groups is 2. The van der Waals surface area contributed by atoms with Gasteiger partial charge in [0.2, 0.25) is 0 Å². The third-order valence-electron chi connectivity index (χ3n) is 4.28. The van der Waals surface area contributed by atoms with E-state index < -0.39 is 11.9 Å². The molecule has 0 bridgehead atoms. The van der Waals surface area contributed by atoms with Crippen LogP contribution in [-0.4, -0.2) is 44.6 Å². The van der Waals surface area contributed by atoms with E-state index in [1.54, 1.807) is 60.7 Å². The summed E-state index contributed by atoms with van der Waals surface area (Å²) in [4.78, 5) is 20.4. The van der Waals surface area contributed by atoms with Crippen molar-refractivity contribution in [2.75, 3.05) is 0 Å². The van der Waals surface area contributed by atoms with Gasteiger partial charge in [0, 0.05) is 0 Å². The summed E-state index contributed by atoms with van der Waals surface area (Å²) in [6.07, 6.45) is 3.56. The molecular formula is C25H36O6. The zero-order valence-electron chi connectivity index (χ0n) is 18.6. The minimum Gasteiger partial charge on any atom is -0.478 e. The summed E-state index contributed by atoms with van der Waals surface area (Å²) in [6, 6.07) is 16.6. The summed E-state index contributed by atoms with van der Waals surface area (Å²) in [5, 5.41) is 35.7. The van der Waals surface area contributed by atoms with Gasteiger partial charge >= 0.3 is 11.9 Å². The van der Waals surface area contributed by atoms with Gasteiger partial charge in [-0.05, 0) is 55.9 Å². The van der Waals surface area contributed by atoms with Crippen LogP contribution >= 0.6 is 0 Å². The molecule has 2 unspecified atom stereocenters. The largest absolute Gasteiger partial charge is 0.478 e. The van der Waals surface area contributed by atoms with Crippen molar-refractivity contribution in [2.45, 2.75) is 65.1 Å². The van der Waals surface area contributed by atoms with E-state index in [9.17, 15) is 19.8 Å². The molecule has 0 aliphatic rings. The monoisotopic (exact) mass is 432 g/mol. The van der Waals surface area contributed by atoms with Crippen LogP contribution in [0.3, 0.4) is 0 Å². The van der Waals surface area contributed by atoms with E-state index in [1.165, 1.54) is 0 Å². The molecule has 172 valence electrons. The lowest BCUT2D eigenvalue weighted by Crippen LogP contribution is -2.17. The average molecular weight is 433 g/mol. The molecule has 31 heavy (non-hydrogen) atoms. The lowest BCUT2D eigenvalue weighted by molar-refractivity contribution is 0.0672. The van der Waals surface area contributed by atoms with E-state index in [1.807, 2.05) is 6.92 Å². The summed E-state index contributed by atoms with van der Waals surface area (Å²) in [5.74, 6) is -1.12. The summed E-state index contributed by atoms with van der Waals surface area (Å²) < 4.78 is 0. The van der Waals surface area contributed by atoms with Gasteiger partial charge in [0.25, 0.3) is 0 Å². The Bertz CT molecular complexity index is 666. The van der Waals surface area contributed by atoms with Gasteiger partial charge < -0.3 is 20.4 Å². The van der Waals surface area contributed by atoms with Gasteiger partial charge in [-0.25, -0.2) is 9.59 Å². The summed E-state index contributed by atoms with van der Waals surface area (Å²) in [7, 11) is 0. The first-order valence-corrected chi connectivity index (χ1v) is 10.6. The van der Waals surface area contributed by atoms with Crippen LogP contribution in [0.25, 0.3) is 0 Å². The summed E-state index contributed by atoms with van der Waals surface area (Å²) in [5.41, 5.74) is 0.662. The fourth-order valence-electron chi connectivity index (χ4n) is 2.57. The zero-order chi connectivity index (χ0) is 23.6. The molecule has 0 aliphatic carbocycles. The third kappa shape index (κ3) is 15.8. The normalized spacial score (nSPS) is 11.9. The van der Waals surface area contributed by atoms with Crippen molar-refractivity contribution < 1.29 is 30.0 Å². The molecular weight excluding hydrogens is 396 g/mol. The second kappa shape index (κ2) is 17.0. The highest BCUT2D eigenvalue weighted by atomic mass is 16.4. The molecule has 6 nitrogen and oxygen atoms in total. The SMILES string of the molecule is CCCC(O)CC(O)CCC(C)C.O=C(O)c1ccccc1.O=C(O)c1ccccc1. The molecule has 0 radical (unpaired) electrons. The minimum atomic E-state index is -0.879. The van der Waals surface area contributed by atoms with Gasteiger partial charge in [-0.1, -0.05) is 63.6 Å². The molecule has 0 aliphatic heterocycles. The van der Waals surface area contributed by atoms with Crippen LogP contribution in [-0.2, 0) is 0 Å². The van der Waals surface area contributed by atoms with Gasteiger partial charge in [0.15, 0.2) is 0 Å². The second-order valence-corrected chi connectivity index (χ2v) is 7.65. The number of hydrogen-bond acceptors (Lipinski definition) is 4. The van der Waals surface area contributed by atoms with Crippen molar-refractivity contribution in [3.05, 3.63) is 71.8 Å². The highest BCUT2D eigenvalue weighted by Crippen LogP contribution is 2.12. The predicted octanol–water partition coefficient (Wildman–Crippen LogP) is 5.10. The molecule has 0 saturated carbocycles. The molecule has 0 saturated heterocycles. The number of carboxylic acid groups (broad SMARTS) is 2. The van der Waals surface area contributed by atoms with Crippen LogP contribution in [0.15, 0.2) is 60.7 Å². The molecule has 0 aromatic heterocycles. The molecule has 2 atom stereocenters. The van der Waals surface area contributed by atoms with E-state index >= 15 is 0 Å². The van der Waals surface area contributed by atoms with Crippen LogP contribution in [0.1, 0.15) is 73.6 Å². The van der Waals surface area contributed by atoms with E-state index in [2.05, 4.69) is 13.8 Å². The third-order valence-corrected chi connectivity index (χ3v) is 4.28. The van der Waals surface area contributed by atoms with Crippen LogP contribution in [0.4, 0.5) is 0 Å². The highest BCUT2D eigenvalue weighted by Gasteiger charge is 2.11. The highest BCUT2D eigenvalue weighted by molar-refractivity contribution is 5.87. The van der Waals surface area contributed by atoms with Crippen LogP contribution < -0.4 is 0 Å². The quantitative estimate of drug-likeness (QED) is 0.438. The van der Waals surface area contributed by atoms with Crippen molar-refractivity contribution in [2.24, 2.45) is 5.92 Å². The molecule has 0 spiro atoms. The van der Waals surface area contributed by atoms with E-state index in [0.29, 0.717) is 23.5 Å². The first-order chi connectivity index (χ1) is 14.7. The summed E-state index contributed by atoms with van der Waals surface area (Å²) >= 11 is 0. The summed E-state index contributed by atoms with van der Waals surface area (Å²) in [6.45, 7) is 6.34. The van der Waals surface area contributed by atoms with Gasteiger partial charge in [-0.15, -0.1) is 0 Å². The molecule has 4 N–H and O–H groups in total. The number of rotatable bonds is 9. The standard InChI is InChI=1S/C11H24O2.2C7H6O2/c1-4-5-10(12)8-11(13)7-6-9(2)3;2*8-7(9)6-4-2-1-3-5-6/h9-13H,4-8H2,1-3H3;2*1-5H,(H,8,9). The lowest BCUT2D eigenvalue weighted by Gasteiger charge is -2.15. The molecule has 2 aromatic rings. The smallest absolute Gasteiger partial charge is 0.335 e. The van der Waals surface area contributed by atoms with Crippen LogP contribution in [0.2, 0.25) is 0 Å². The number of hydrogen-bond donors (Lipinski definition) is 4. The van der Waals surface area contributed by atoms with Crippen molar-refractivity contribution in [3.8, 4) is 0 Å².